The quantitative estimate of drug-likeness (QED) is 0.671. The molecule has 0 saturated carbocycles. The number of nitrogens with one attached hydrogen (secondary N) is 1. The van der Waals surface area contributed by atoms with Crippen molar-refractivity contribution in [1.29, 1.82) is 0 Å². The van der Waals surface area contributed by atoms with Crippen LogP contribution >= 0.6 is 11.6 Å². The molecule has 0 aromatic heterocycles. The number of hydrogen-bond acceptors (Lipinski definition) is 2. The summed E-state index contributed by atoms with van der Waals surface area (Å²) in [7, 11) is 0. The van der Waals surface area contributed by atoms with E-state index in [9.17, 15) is 4.79 Å². The molecule has 2 aromatic carbocycles. The van der Waals surface area contributed by atoms with Crippen LogP contribution in [-0.4, -0.2) is 11.6 Å². The van der Waals surface area contributed by atoms with Gasteiger partial charge in [0.05, 0.1) is 5.71 Å². The third-order valence-electron chi connectivity index (χ3n) is 3.21. The summed E-state index contributed by atoms with van der Waals surface area (Å²) in [4.78, 5) is 11.9. The first kappa shape index (κ1) is 15.3. The SMILES string of the molecule is CCc1ccc(C(C)=NNC(=O)c2ccc(Cl)cc2)cc1. The van der Waals surface area contributed by atoms with Crippen molar-refractivity contribution in [3.63, 3.8) is 0 Å². The first-order valence-corrected chi connectivity index (χ1v) is 7.17. The molecule has 0 spiro atoms. The summed E-state index contributed by atoms with van der Waals surface area (Å²) < 4.78 is 0. The van der Waals surface area contributed by atoms with Crippen molar-refractivity contribution >= 4 is 23.2 Å². The van der Waals surface area contributed by atoms with Crippen molar-refractivity contribution in [2.45, 2.75) is 20.3 Å². The highest BCUT2D eigenvalue weighted by Crippen LogP contribution is 2.09. The molecule has 1 N–H and O–H groups in total. The summed E-state index contributed by atoms with van der Waals surface area (Å²) in [6.07, 6.45) is 1.00. The summed E-state index contributed by atoms with van der Waals surface area (Å²) in [6.45, 7) is 3.98. The summed E-state index contributed by atoms with van der Waals surface area (Å²) in [6, 6.07) is 14.8. The minimum atomic E-state index is -0.254. The van der Waals surface area contributed by atoms with E-state index in [-0.39, 0.29) is 5.91 Å². The maximum atomic E-state index is 11.9. The Morgan fingerprint density at radius 3 is 2.19 bits per heavy atom. The van der Waals surface area contributed by atoms with Crippen LogP contribution in [0.5, 0.6) is 0 Å². The average Bonchev–Trinajstić information content (AvgIpc) is 2.53. The minimum absolute atomic E-state index is 0.254. The highest BCUT2D eigenvalue weighted by atomic mass is 35.5. The second kappa shape index (κ2) is 7.04. The van der Waals surface area contributed by atoms with Crippen LogP contribution in [0.4, 0.5) is 0 Å². The van der Waals surface area contributed by atoms with Gasteiger partial charge in [0, 0.05) is 10.6 Å². The number of amides is 1. The number of hydrogen-bond donors (Lipinski definition) is 1. The minimum Gasteiger partial charge on any atom is -0.267 e. The fraction of sp³-hybridized carbons (Fsp3) is 0.176. The Bertz CT molecular complexity index is 645. The number of nitrogens with zero attached hydrogens (tertiary/aromatic N) is 1. The molecule has 4 heteroatoms. The van der Waals surface area contributed by atoms with Gasteiger partial charge in [0.2, 0.25) is 0 Å². The maximum Gasteiger partial charge on any atom is 0.271 e. The van der Waals surface area contributed by atoms with Crippen molar-refractivity contribution in [3.05, 3.63) is 70.2 Å². The number of aryl methyl sites for hydroxylation is 1. The molecule has 0 aliphatic rings. The van der Waals surface area contributed by atoms with E-state index in [0.29, 0.717) is 10.6 Å². The van der Waals surface area contributed by atoms with Gasteiger partial charge in [0.15, 0.2) is 0 Å². The topological polar surface area (TPSA) is 41.5 Å². The van der Waals surface area contributed by atoms with Gasteiger partial charge in [-0.3, -0.25) is 4.79 Å². The molecule has 3 nitrogen and oxygen atoms in total. The first-order valence-electron chi connectivity index (χ1n) is 6.79. The maximum absolute atomic E-state index is 11.9. The predicted molar refractivity (Wildman–Crippen MR) is 86.9 cm³/mol. The summed E-state index contributed by atoms with van der Waals surface area (Å²) in [5.41, 5.74) is 6.10. The molecule has 0 radical (unpaired) electrons. The Hall–Kier alpha value is -2.13. The van der Waals surface area contributed by atoms with Gasteiger partial charge in [0.25, 0.3) is 5.91 Å². The molecule has 108 valence electrons. The number of carbonyl (C=O) groups is 1. The zero-order chi connectivity index (χ0) is 15.2. The predicted octanol–water partition coefficient (Wildman–Crippen LogP) is 4.06. The molecule has 0 unspecified atom stereocenters. The van der Waals surface area contributed by atoms with Gasteiger partial charge < -0.3 is 0 Å². The highest BCUT2D eigenvalue weighted by molar-refractivity contribution is 6.30. The van der Waals surface area contributed by atoms with E-state index in [0.717, 1.165) is 17.7 Å². The van der Waals surface area contributed by atoms with Gasteiger partial charge >= 0.3 is 0 Å². The third-order valence-corrected chi connectivity index (χ3v) is 3.46. The smallest absolute Gasteiger partial charge is 0.267 e. The van der Waals surface area contributed by atoms with Crippen molar-refractivity contribution in [3.8, 4) is 0 Å². The Balaban J connectivity index is 2.05. The molecule has 0 atom stereocenters. The van der Waals surface area contributed by atoms with Gasteiger partial charge in [-0.25, -0.2) is 5.43 Å². The molecule has 0 aliphatic heterocycles. The number of hydrazone groups is 1. The number of benzene rings is 2. The molecule has 21 heavy (non-hydrogen) atoms. The Labute approximate surface area is 129 Å². The van der Waals surface area contributed by atoms with E-state index in [2.05, 4.69) is 29.6 Å². The number of rotatable bonds is 4. The summed E-state index contributed by atoms with van der Waals surface area (Å²) in [5, 5.41) is 4.73. The van der Waals surface area contributed by atoms with Crippen LogP contribution in [0, 0.1) is 0 Å². The molecule has 0 saturated heterocycles. The molecule has 2 rings (SSSR count). The first-order chi connectivity index (χ1) is 10.1. The van der Waals surface area contributed by atoms with Crippen molar-refractivity contribution in [1.82, 2.24) is 5.43 Å². The standard InChI is InChI=1S/C17H17ClN2O/c1-3-13-4-6-14(7-5-13)12(2)19-20-17(21)15-8-10-16(18)11-9-15/h4-11H,3H2,1-2H3,(H,20,21). The fourth-order valence-electron chi connectivity index (χ4n) is 1.85. The van der Waals surface area contributed by atoms with Crippen LogP contribution in [0.1, 0.15) is 35.3 Å². The van der Waals surface area contributed by atoms with Crippen LogP contribution in [-0.2, 0) is 6.42 Å². The van der Waals surface area contributed by atoms with Crippen LogP contribution in [0.2, 0.25) is 5.02 Å². The molecule has 0 aliphatic carbocycles. The van der Waals surface area contributed by atoms with Gasteiger partial charge in [-0.1, -0.05) is 42.8 Å². The summed E-state index contributed by atoms with van der Waals surface area (Å²) >= 11 is 5.79. The largest absolute Gasteiger partial charge is 0.271 e. The van der Waals surface area contributed by atoms with Gasteiger partial charge in [-0.2, -0.15) is 5.10 Å². The Morgan fingerprint density at radius 1 is 1.05 bits per heavy atom. The Morgan fingerprint density at radius 2 is 1.62 bits per heavy atom. The normalized spacial score (nSPS) is 11.3. The molecule has 0 bridgehead atoms. The zero-order valence-electron chi connectivity index (χ0n) is 12.1. The molecular formula is C17H17ClN2O. The second-order valence-corrected chi connectivity index (χ2v) is 5.13. The van der Waals surface area contributed by atoms with Gasteiger partial charge in [-0.15, -0.1) is 0 Å². The third kappa shape index (κ3) is 4.17. The van der Waals surface area contributed by atoms with E-state index in [4.69, 9.17) is 11.6 Å². The van der Waals surface area contributed by atoms with Crippen molar-refractivity contribution in [2.75, 3.05) is 0 Å². The van der Waals surface area contributed by atoms with Gasteiger partial charge in [-0.05, 0) is 48.7 Å². The van der Waals surface area contributed by atoms with Crippen LogP contribution in [0.25, 0.3) is 0 Å². The number of carbonyl (C=O) groups excluding carboxylic acids is 1. The summed E-state index contributed by atoms with van der Waals surface area (Å²) in [5.74, 6) is -0.254. The lowest BCUT2D eigenvalue weighted by atomic mass is 10.1. The fourth-order valence-corrected chi connectivity index (χ4v) is 1.97. The monoisotopic (exact) mass is 300 g/mol. The van der Waals surface area contributed by atoms with Crippen LogP contribution in [0.15, 0.2) is 53.6 Å². The van der Waals surface area contributed by atoms with Crippen molar-refractivity contribution < 1.29 is 4.79 Å². The van der Waals surface area contributed by atoms with Crippen molar-refractivity contribution in [2.24, 2.45) is 5.10 Å². The van der Waals surface area contributed by atoms with Crippen LogP contribution in [0.3, 0.4) is 0 Å². The highest BCUT2D eigenvalue weighted by Gasteiger charge is 2.04. The molecule has 0 heterocycles. The van der Waals surface area contributed by atoms with E-state index in [1.54, 1.807) is 24.3 Å². The second-order valence-electron chi connectivity index (χ2n) is 4.70. The lowest BCUT2D eigenvalue weighted by Crippen LogP contribution is -2.19. The van der Waals surface area contributed by atoms with E-state index < -0.39 is 0 Å². The van der Waals surface area contributed by atoms with E-state index >= 15 is 0 Å². The average molecular weight is 301 g/mol. The Kier molecular flexibility index (Phi) is 5.12. The lowest BCUT2D eigenvalue weighted by Gasteiger charge is -2.04. The molecule has 1 amide bonds. The molecule has 0 fully saturated rings. The molecule has 2 aromatic rings. The van der Waals surface area contributed by atoms with Crippen LogP contribution < -0.4 is 5.43 Å². The lowest BCUT2D eigenvalue weighted by molar-refractivity contribution is 0.0955. The zero-order valence-corrected chi connectivity index (χ0v) is 12.8. The van der Waals surface area contributed by atoms with Gasteiger partial charge in [0.1, 0.15) is 0 Å². The molecular weight excluding hydrogens is 284 g/mol. The van der Waals surface area contributed by atoms with E-state index in [1.807, 2.05) is 19.1 Å². The number of halogens is 1. The van der Waals surface area contributed by atoms with E-state index in [1.165, 1.54) is 5.56 Å².